The van der Waals surface area contributed by atoms with Crippen molar-refractivity contribution in [1.29, 1.82) is 0 Å². The van der Waals surface area contributed by atoms with E-state index in [9.17, 15) is 9.18 Å². The van der Waals surface area contributed by atoms with Crippen molar-refractivity contribution in [3.63, 3.8) is 0 Å². The molecule has 1 aromatic rings. The highest BCUT2D eigenvalue weighted by Gasteiger charge is 2.36. The molecule has 110 valence electrons. The molecule has 0 spiro atoms. The molecule has 0 radical (unpaired) electrons. The molecular formula is C16H23FN2O. The van der Waals surface area contributed by atoms with Gasteiger partial charge < -0.3 is 10.6 Å². The van der Waals surface area contributed by atoms with Gasteiger partial charge in [-0.25, -0.2) is 9.18 Å². The Morgan fingerprint density at radius 1 is 1.25 bits per heavy atom. The van der Waals surface area contributed by atoms with Crippen LogP contribution in [0.25, 0.3) is 0 Å². The maximum absolute atomic E-state index is 13.1. The minimum absolute atomic E-state index is 0.121. The molecule has 0 bridgehead atoms. The lowest BCUT2D eigenvalue weighted by atomic mass is 9.88. The van der Waals surface area contributed by atoms with E-state index in [0.717, 1.165) is 44.1 Å². The minimum atomic E-state index is -0.329. The van der Waals surface area contributed by atoms with E-state index in [4.69, 9.17) is 0 Å². The van der Waals surface area contributed by atoms with Crippen LogP contribution in [0.3, 0.4) is 0 Å². The lowest BCUT2D eigenvalue weighted by Crippen LogP contribution is -2.48. The van der Waals surface area contributed by atoms with Crippen LogP contribution in [0.4, 0.5) is 9.18 Å². The average Bonchev–Trinajstić information content (AvgIpc) is 2.89. The van der Waals surface area contributed by atoms with Gasteiger partial charge in [-0.2, -0.15) is 0 Å². The van der Waals surface area contributed by atoms with Crippen LogP contribution in [0, 0.1) is 5.82 Å². The summed E-state index contributed by atoms with van der Waals surface area (Å²) < 4.78 is 13.1. The molecule has 1 aliphatic carbocycles. The van der Waals surface area contributed by atoms with Crippen molar-refractivity contribution in [3.05, 3.63) is 35.6 Å². The number of nitrogens with one attached hydrogen (secondary N) is 2. The molecule has 2 rings (SSSR count). The Hall–Kier alpha value is -1.58. The third kappa shape index (κ3) is 3.50. The molecule has 1 aliphatic rings. The van der Waals surface area contributed by atoms with Gasteiger partial charge in [0.25, 0.3) is 0 Å². The quantitative estimate of drug-likeness (QED) is 0.792. The normalized spacial score (nSPS) is 16.9. The van der Waals surface area contributed by atoms with E-state index in [-0.39, 0.29) is 17.4 Å². The lowest BCUT2D eigenvalue weighted by molar-refractivity contribution is 0.224. The first-order chi connectivity index (χ1) is 9.66. The number of carbonyl (C=O) groups excluding carboxylic acids is 1. The van der Waals surface area contributed by atoms with E-state index in [2.05, 4.69) is 17.6 Å². The zero-order valence-electron chi connectivity index (χ0n) is 12.0. The average molecular weight is 278 g/mol. The highest BCUT2D eigenvalue weighted by Crippen LogP contribution is 2.38. The summed E-state index contributed by atoms with van der Waals surface area (Å²) in [4.78, 5) is 12.0. The number of urea groups is 1. The molecule has 0 aromatic heterocycles. The van der Waals surface area contributed by atoms with Gasteiger partial charge in [0.2, 0.25) is 0 Å². The topological polar surface area (TPSA) is 41.1 Å². The predicted molar refractivity (Wildman–Crippen MR) is 78.0 cm³/mol. The van der Waals surface area contributed by atoms with Crippen molar-refractivity contribution in [3.8, 4) is 0 Å². The number of benzene rings is 1. The summed E-state index contributed by atoms with van der Waals surface area (Å²) in [6, 6.07) is 6.38. The van der Waals surface area contributed by atoms with Crippen molar-refractivity contribution in [2.45, 2.75) is 51.0 Å². The first kappa shape index (κ1) is 14.8. The number of halogens is 1. The number of carbonyl (C=O) groups is 1. The third-order valence-electron chi connectivity index (χ3n) is 4.02. The van der Waals surface area contributed by atoms with Crippen LogP contribution in [0.5, 0.6) is 0 Å². The molecule has 1 fully saturated rings. The number of hydrogen-bond acceptors (Lipinski definition) is 1. The standard InChI is InChI=1S/C16H23FN2O/c1-2-3-12-18-15(20)19-16(10-4-5-11-16)13-6-8-14(17)9-7-13/h6-9H,2-5,10-12H2,1H3,(H2,18,19,20). The van der Waals surface area contributed by atoms with Crippen molar-refractivity contribution < 1.29 is 9.18 Å². The van der Waals surface area contributed by atoms with Gasteiger partial charge >= 0.3 is 6.03 Å². The van der Waals surface area contributed by atoms with E-state index >= 15 is 0 Å². The van der Waals surface area contributed by atoms with Crippen LogP contribution >= 0.6 is 0 Å². The molecule has 0 unspecified atom stereocenters. The summed E-state index contributed by atoms with van der Waals surface area (Å²) in [7, 11) is 0. The second-order valence-corrected chi connectivity index (χ2v) is 5.53. The SMILES string of the molecule is CCCCNC(=O)NC1(c2ccc(F)cc2)CCCC1. The van der Waals surface area contributed by atoms with Crippen molar-refractivity contribution >= 4 is 6.03 Å². The minimum Gasteiger partial charge on any atom is -0.338 e. The number of rotatable bonds is 5. The Morgan fingerprint density at radius 2 is 1.90 bits per heavy atom. The summed E-state index contributed by atoms with van der Waals surface area (Å²) in [6.07, 6.45) is 6.05. The van der Waals surface area contributed by atoms with E-state index in [0.29, 0.717) is 6.54 Å². The first-order valence-electron chi connectivity index (χ1n) is 7.48. The van der Waals surface area contributed by atoms with Gasteiger partial charge in [-0.1, -0.05) is 38.3 Å². The van der Waals surface area contributed by atoms with Crippen LogP contribution in [0.1, 0.15) is 51.0 Å². The van der Waals surface area contributed by atoms with Crippen molar-refractivity contribution in [2.24, 2.45) is 0 Å². The largest absolute Gasteiger partial charge is 0.338 e. The number of unbranched alkanes of at least 4 members (excludes halogenated alkanes) is 1. The van der Waals surface area contributed by atoms with Gasteiger partial charge in [0.05, 0.1) is 5.54 Å². The maximum Gasteiger partial charge on any atom is 0.315 e. The van der Waals surface area contributed by atoms with Gasteiger partial charge in [-0.05, 0) is 37.0 Å². The molecule has 4 heteroatoms. The van der Waals surface area contributed by atoms with Gasteiger partial charge in [0, 0.05) is 6.54 Å². The molecule has 0 saturated heterocycles. The summed E-state index contributed by atoms with van der Waals surface area (Å²) >= 11 is 0. The van der Waals surface area contributed by atoms with Gasteiger partial charge in [-0.15, -0.1) is 0 Å². The molecule has 2 amide bonds. The van der Waals surface area contributed by atoms with Crippen molar-refractivity contribution in [2.75, 3.05) is 6.54 Å². The van der Waals surface area contributed by atoms with Crippen LogP contribution in [0.15, 0.2) is 24.3 Å². The smallest absolute Gasteiger partial charge is 0.315 e. The second-order valence-electron chi connectivity index (χ2n) is 5.53. The predicted octanol–water partition coefficient (Wildman–Crippen LogP) is 3.69. The zero-order valence-corrected chi connectivity index (χ0v) is 12.0. The maximum atomic E-state index is 13.1. The number of hydrogen-bond donors (Lipinski definition) is 2. The molecule has 20 heavy (non-hydrogen) atoms. The van der Waals surface area contributed by atoms with E-state index in [1.54, 1.807) is 12.1 Å². The van der Waals surface area contributed by atoms with E-state index in [1.165, 1.54) is 12.1 Å². The number of amides is 2. The fourth-order valence-electron chi connectivity index (χ4n) is 2.87. The second kappa shape index (κ2) is 6.73. The Labute approximate surface area is 120 Å². The van der Waals surface area contributed by atoms with E-state index < -0.39 is 0 Å². The first-order valence-corrected chi connectivity index (χ1v) is 7.48. The Bertz CT molecular complexity index is 438. The van der Waals surface area contributed by atoms with Crippen LogP contribution < -0.4 is 10.6 Å². The van der Waals surface area contributed by atoms with Gasteiger partial charge in [-0.3, -0.25) is 0 Å². The molecule has 1 saturated carbocycles. The zero-order chi connectivity index (χ0) is 14.4. The highest BCUT2D eigenvalue weighted by molar-refractivity contribution is 5.75. The summed E-state index contributed by atoms with van der Waals surface area (Å²) in [5.41, 5.74) is 0.673. The van der Waals surface area contributed by atoms with Crippen molar-refractivity contribution in [1.82, 2.24) is 10.6 Å². The molecule has 2 N–H and O–H groups in total. The monoisotopic (exact) mass is 278 g/mol. The Balaban J connectivity index is 2.06. The van der Waals surface area contributed by atoms with Gasteiger partial charge in [0.1, 0.15) is 5.82 Å². The highest BCUT2D eigenvalue weighted by atomic mass is 19.1. The summed E-state index contributed by atoms with van der Waals surface area (Å²) in [6.45, 7) is 2.79. The van der Waals surface area contributed by atoms with Gasteiger partial charge in [0.15, 0.2) is 0 Å². The van der Waals surface area contributed by atoms with E-state index in [1.807, 2.05) is 0 Å². The molecule has 0 atom stereocenters. The fraction of sp³-hybridized carbons (Fsp3) is 0.562. The van der Waals surface area contributed by atoms with Crippen LogP contribution in [-0.2, 0) is 5.54 Å². The molecule has 0 aliphatic heterocycles. The molecule has 0 heterocycles. The fourth-order valence-corrected chi connectivity index (χ4v) is 2.87. The van der Waals surface area contributed by atoms with Crippen LogP contribution in [-0.4, -0.2) is 12.6 Å². The summed E-state index contributed by atoms with van der Waals surface area (Å²) in [5.74, 6) is -0.241. The Kier molecular flexibility index (Phi) is 4.99. The lowest BCUT2D eigenvalue weighted by Gasteiger charge is -2.31. The third-order valence-corrected chi connectivity index (χ3v) is 4.02. The Morgan fingerprint density at radius 3 is 2.50 bits per heavy atom. The molecule has 1 aromatic carbocycles. The summed E-state index contributed by atoms with van der Waals surface area (Å²) in [5, 5.41) is 6.01. The molecular weight excluding hydrogens is 255 g/mol. The van der Waals surface area contributed by atoms with Crippen LogP contribution in [0.2, 0.25) is 0 Å². The molecule has 3 nitrogen and oxygen atoms in total.